The average molecular weight is 286 g/mol. The van der Waals surface area contributed by atoms with E-state index in [1.807, 2.05) is 0 Å². The summed E-state index contributed by atoms with van der Waals surface area (Å²) in [5.41, 5.74) is 6.17. The summed E-state index contributed by atoms with van der Waals surface area (Å²) in [6.07, 6.45) is 1.38. The molecule has 0 bridgehead atoms. The van der Waals surface area contributed by atoms with Crippen molar-refractivity contribution in [3.63, 3.8) is 0 Å². The number of nitrogen functional groups attached to an aromatic ring is 1. The van der Waals surface area contributed by atoms with E-state index in [0.29, 0.717) is 16.5 Å². The van der Waals surface area contributed by atoms with E-state index in [0.717, 1.165) is 0 Å². The highest BCUT2D eigenvalue weighted by Crippen LogP contribution is 2.33. The summed E-state index contributed by atoms with van der Waals surface area (Å²) >= 11 is 11.9. The first-order chi connectivity index (χ1) is 8.60. The van der Waals surface area contributed by atoms with E-state index in [1.165, 1.54) is 13.3 Å². The topological polar surface area (TPSA) is 70.3 Å². The number of nitrogens with two attached hydrogens (primary N) is 1. The van der Waals surface area contributed by atoms with Crippen molar-refractivity contribution in [3.8, 4) is 17.6 Å². The molecule has 18 heavy (non-hydrogen) atoms. The van der Waals surface area contributed by atoms with Gasteiger partial charge in [-0.1, -0.05) is 23.2 Å². The third-order valence-electron chi connectivity index (χ3n) is 2.03. The maximum Gasteiger partial charge on any atom is 0.319 e. The first kappa shape index (κ1) is 12.7. The Morgan fingerprint density at radius 1 is 1.22 bits per heavy atom. The summed E-state index contributed by atoms with van der Waals surface area (Å²) in [6, 6.07) is 5.01. The SMILES string of the molecule is COc1ncc(Cl)c(Oc2cc(N)ccc2Cl)n1. The van der Waals surface area contributed by atoms with Crippen LogP contribution in [-0.4, -0.2) is 17.1 Å². The van der Waals surface area contributed by atoms with Crippen LogP contribution in [0.5, 0.6) is 17.6 Å². The van der Waals surface area contributed by atoms with Crippen LogP contribution < -0.4 is 15.2 Å². The number of hydrogen-bond donors (Lipinski definition) is 1. The van der Waals surface area contributed by atoms with Crippen LogP contribution in [0.2, 0.25) is 10.0 Å². The number of methoxy groups -OCH3 is 1. The quantitative estimate of drug-likeness (QED) is 0.877. The molecule has 0 saturated carbocycles. The fourth-order valence-corrected chi connectivity index (χ4v) is 1.49. The Balaban J connectivity index is 2.36. The molecule has 0 fully saturated rings. The van der Waals surface area contributed by atoms with Gasteiger partial charge in [0.25, 0.3) is 0 Å². The monoisotopic (exact) mass is 285 g/mol. The van der Waals surface area contributed by atoms with Crippen molar-refractivity contribution >= 4 is 28.9 Å². The number of halogens is 2. The molecule has 0 unspecified atom stereocenters. The van der Waals surface area contributed by atoms with Gasteiger partial charge in [-0.05, 0) is 12.1 Å². The van der Waals surface area contributed by atoms with Crippen LogP contribution in [0.3, 0.4) is 0 Å². The number of nitrogens with zero attached hydrogens (tertiary/aromatic N) is 2. The highest BCUT2D eigenvalue weighted by Gasteiger charge is 2.10. The standard InChI is InChI=1S/C11H9Cl2N3O2/c1-17-11-15-5-8(13)10(16-11)18-9-4-6(14)2-3-7(9)12/h2-5H,14H2,1H3. The fraction of sp³-hybridized carbons (Fsp3) is 0.0909. The van der Waals surface area contributed by atoms with Crippen molar-refractivity contribution in [3.05, 3.63) is 34.4 Å². The first-order valence-electron chi connectivity index (χ1n) is 4.89. The van der Waals surface area contributed by atoms with Gasteiger partial charge in [-0.2, -0.15) is 4.98 Å². The molecule has 0 saturated heterocycles. The molecule has 2 N–H and O–H groups in total. The molecule has 0 aliphatic heterocycles. The number of hydrogen-bond acceptors (Lipinski definition) is 5. The zero-order valence-electron chi connectivity index (χ0n) is 9.35. The molecule has 0 amide bonds. The van der Waals surface area contributed by atoms with Crippen LogP contribution in [0.1, 0.15) is 0 Å². The minimum absolute atomic E-state index is 0.148. The summed E-state index contributed by atoms with van der Waals surface area (Å²) < 4.78 is 10.4. The van der Waals surface area contributed by atoms with Crippen LogP contribution in [0, 0.1) is 0 Å². The molecule has 0 atom stereocenters. The predicted octanol–water partition coefficient (Wildman–Crippen LogP) is 3.17. The molecule has 0 aliphatic carbocycles. The van der Waals surface area contributed by atoms with E-state index in [2.05, 4.69) is 9.97 Å². The lowest BCUT2D eigenvalue weighted by Gasteiger charge is -2.09. The van der Waals surface area contributed by atoms with E-state index in [4.69, 9.17) is 38.4 Å². The van der Waals surface area contributed by atoms with Gasteiger partial charge in [-0.3, -0.25) is 0 Å². The van der Waals surface area contributed by atoms with Crippen LogP contribution in [0.25, 0.3) is 0 Å². The van der Waals surface area contributed by atoms with E-state index in [9.17, 15) is 0 Å². The normalized spacial score (nSPS) is 10.2. The van der Waals surface area contributed by atoms with Gasteiger partial charge in [0.05, 0.1) is 18.3 Å². The Morgan fingerprint density at radius 3 is 2.72 bits per heavy atom. The Bertz CT molecular complexity index is 578. The fourth-order valence-electron chi connectivity index (χ4n) is 1.21. The van der Waals surface area contributed by atoms with Gasteiger partial charge < -0.3 is 15.2 Å². The molecule has 1 aromatic carbocycles. The Hall–Kier alpha value is -1.72. The molecule has 2 rings (SSSR count). The van der Waals surface area contributed by atoms with Crippen LogP contribution in [0.4, 0.5) is 5.69 Å². The lowest BCUT2D eigenvalue weighted by molar-refractivity contribution is 0.366. The second kappa shape index (κ2) is 5.29. The first-order valence-corrected chi connectivity index (χ1v) is 5.65. The van der Waals surface area contributed by atoms with E-state index in [-0.39, 0.29) is 16.9 Å². The number of rotatable bonds is 3. The van der Waals surface area contributed by atoms with Crippen molar-refractivity contribution < 1.29 is 9.47 Å². The molecule has 5 nitrogen and oxygen atoms in total. The maximum absolute atomic E-state index is 5.97. The minimum atomic E-state index is 0.148. The molecule has 0 spiro atoms. The average Bonchev–Trinajstić information content (AvgIpc) is 2.36. The van der Waals surface area contributed by atoms with Gasteiger partial charge in [-0.25, -0.2) is 4.98 Å². The largest absolute Gasteiger partial charge is 0.467 e. The number of aromatic nitrogens is 2. The lowest BCUT2D eigenvalue weighted by Crippen LogP contribution is -1.96. The summed E-state index contributed by atoms with van der Waals surface area (Å²) in [6.45, 7) is 0. The summed E-state index contributed by atoms with van der Waals surface area (Å²) in [5, 5.41) is 0.645. The molecule has 7 heteroatoms. The van der Waals surface area contributed by atoms with E-state index in [1.54, 1.807) is 18.2 Å². The summed E-state index contributed by atoms with van der Waals surface area (Å²) in [7, 11) is 1.44. The number of benzene rings is 1. The van der Waals surface area contributed by atoms with Gasteiger partial charge in [-0.15, -0.1) is 0 Å². The minimum Gasteiger partial charge on any atom is -0.467 e. The van der Waals surface area contributed by atoms with Crippen molar-refractivity contribution in [2.45, 2.75) is 0 Å². The zero-order chi connectivity index (χ0) is 13.1. The van der Waals surface area contributed by atoms with Crippen LogP contribution in [0.15, 0.2) is 24.4 Å². The molecule has 0 aliphatic rings. The molecular weight excluding hydrogens is 277 g/mol. The van der Waals surface area contributed by atoms with Gasteiger partial charge in [0.15, 0.2) is 0 Å². The van der Waals surface area contributed by atoms with E-state index < -0.39 is 0 Å². The maximum atomic E-state index is 5.97. The second-order valence-corrected chi connectivity index (χ2v) is 4.12. The highest BCUT2D eigenvalue weighted by molar-refractivity contribution is 6.32. The lowest BCUT2D eigenvalue weighted by atomic mass is 10.3. The van der Waals surface area contributed by atoms with Crippen molar-refractivity contribution in [1.29, 1.82) is 0 Å². The van der Waals surface area contributed by atoms with Gasteiger partial charge in [0, 0.05) is 11.8 Å². The Morgan fingerprint density at radius 2 is 2.00 bits per heavy atom. The van der Waals surface area contributed by atoms with Crippen molar-refractivity contribution in [2.24, 2.45) is 0 Å². The van der Waals surface area contributed by atoms with Crippen LogP contribution >= 0.6 is 23.2 Å². The third kappa shape index (κ3) is 2.75. The van der Waals surface area contributed by atoms with Gasteiger partial charge in [0.2, 0.25) is 5.88 Å². The molecule has 94 valence electrons. The Kier molecular flexibility index (Phi) is 3.74. The van der Waals surface area contributed by atoms with Gasteiger partial charge >= 0.3 is 6.01 Å². The predicted molar refractivity (Wildman–Crippen MR) is 69.5 cm³/mol. The van der Waals surface area contributed by atoms with Crippen molar-refractivity contribution in [2.75, 3.05) is 12.8 Å². The molecular formula is C11H9Cl2N3O2. The summed E-state index contributed by atoms with van der Waals surface area (Å²) in [5.74, 6) is 0.510. The smallest absolute Gasteiger partial charge is 0.319 e. The molecule has 0 radical (unpaired) electrons. The van der Waals surface area contributed by atoms with E-state index >= 15 is 0 Å². The zero-order valence-corrected chi connectivity index (χ0v) is 10.9. The second-order valence-electron chi connectivity index (χ2n) is 3.30. The molecule has 1 heterocycles. The van der Waals surface area contributed by atoms with Crippen LogP contribution in [-0.2, 0) is 0 Å². The third-order valence-corrected chi connectivity index (χ3v) is 2.61. The number of ether oxygens (including phenoxy) is 2. The Labute approximate surface area is 113 Å². The highest BCUT2D eigenvalue weighted by atomic mass is 35.5. The number of anilines is 1. The molecule has 1 aromatic heterocycles. The van der Waals surface area contributed by atoms with Crippen molar-refractivity contribution in [1.82, 2.24) is 9.97 Å². The summed E-state index contributed by atoms with van der Waals surface area (Å²) in [4.78, 5) is 7.81. The molecule has 2 aromatic rings. The van der Waals surface area contributed by atoms with Gasteiger partial charge in [0.1, 0.15) is 10.8 Å².